The highest BCUT2D eigenvalue weighted by atomic mass is 32.1. The van der Waals surface area contributed by atoms with Gasteiger partial charge in [-0.3, -0.25) is 4.79 Å². The molecule has 0 saturated carbocycles. The molecular formula is C17H15N3OS. The topological polar surface area (TPSA) is 81.5 Å². The first-order chi connectivity index (χ1) is 10.6. The number of thiophene rings is 1. The highest BCUT2D eigenvalue weighted by molar-refractivity contribution is 7.13. The fraction of sp³-hybridized carbons (Fsp3) is 0.0588. The quantitative estimate of drug-likeness (QED) is 0.563. The Kier molecular flexibility index (Phi) is 3.65. The average molecular weight is 309 g/mol. The van der Waals surface area contributed by atoms with Gasteiger partial charge < -0.3 is 11.5 Å². The van der Waals surface area contributed by atoms with E-state index in [-0.39, 0.29) is 5.96 Å². The molecule has 110 valence electrons. The van der Waals surface area contributed by atoms with E-state index in [2.05, 4.69) is 29.4 Å². The minimum absolute atomic E-state index is 0.229. The minimum atomic E-state index is -0.431. The second-order valence-corrected chi connectivity index (χ2v) is 5.93. The summed E-state index contributed by atoms with van der Waals surface area (Å²) in [6, 6.07) is 13.7. The fourth-order valence-electron chi connectivity index (χ4n) is 2.43. The lowest BCUT2D eigenvalue weighted by Gasteiger charge is -2.07. The van der Waals surface area contributed by atoms with Crippen LogP contribution in [0, 0.1) is 6.92 Å². The zero-order valence-corrected chi connectivity index (χ0v) is 12.9. The molecule has 3 rings (SSSR count). The molecule has 4 nitrogen and oxygen atoms in total. The number of guanidine groups is 1. The van der Waals surface area contributed by atoms with Crippen molar-refractivity contribution in [3.8, 4) is 10.4 Å². The van der Waals surface area contributed by atoms with Crippen LogP contribution in [0.25, 0.3) is 21.2 Å². The van der Waals surface area contributed by atoms with Crippen LogP contribution in [0.2, 0.25) is 0 Å². The number of carbonyl (C=O) groups is 1. The number of aryl methyl sites for hydroxylation is 1. The van der Waals surface area contributed by atoms with Crippen LogP contribution >= 0.6 is 11.3 Å². The lowest BCUT2D eigenvalue weighted by molar-refractivity contribution is 0.100. The highest BCUT2D eigenvalue weighted by Gasteiger charge is 2.11. The number of carbonyl (C=O) groups excluding carboxylic acids is 1. The molecule has 0 spiro atoms. The van der Waals surface area contributed by atoms with Gasteiger partial charge in [0, 0.05) is 10.4 Å². The lowest BCUT2D eigenvalue weighted by atomic mass is 9.99. The predicted octanol–water partition coefficient (Wildman–Crippen LogP) is 3.29. The van der Waals surface area contributed by atoms with Crippen molar-refractivity contribution in [2.45, 2.75) is 6.92 Å². The van der Waals surface area contributed by atoms with E-state index in [0.717, 1.165) is 16.3 Å². The third-order valence-electron chi connectivity index (χ3n) is 3.47. The largest absolute Gasteiger partial charge is 0.370 e. The summed E-state index contributed by atoms with van der Waals surface area (Å²) >= 11 is 1.69. The summed E-state index contributed by atoms with van der Waals surface area (Å²) in [7, 11) is 0. The zero-order valence-electron chi connectivity index (χ0n) is 12.0. The van der Waals surface area contributed by atoms with Crippen LogP contribution < -0.4 is 11.5 Å². The summed E-state index contributed by atoms with van der Waals surface area (Å²) in [5, 5.41) is 4.16. The van der Waals surface area contributed by atoms with Crippen molar-refractivity contribution < 1.29 is 4.79 Å². The number of nitrogens with zero attached hydrogens (tertiary/aromatic N) is 1. The fourth-order valence-corrected chi connectivity index (χ4v) is 3.40. The summed E-state index contributed by atoms with van der Waals surface area (Å²) < 4.78 is 0. The van der Waals surface area contributed by atoms with Gasteiger partial charge in [0.2, 0.25) is 0 Å². The monoisotopic (exact) mass is 309 g/mol. The average Bonchev–Trinajstić information content (AvgIpc) is 2.91. The van der Waals surface area contributed by atoms with Crippen molar-refractivity contribution >= 4 is 34.0 Å². The molecule has 1 heterocycles. The smallest absolute Gasteiger partial charge is 0.280 e. The van der Waals surface area contributed by atoms with Gasteiger partial charge in [0.05, 0.1) is 0 Å². The summed E-state index contributed by atoms with van der Waals surface area (Å²) in [6.07, 6.45) is 0. The Labute approximate surface area is 132 Å². The van der Waals surface area contributed by atoms with E-state index < -0.39 is 5.91 Å². The zero-order chi connectivity index (χ0) is 15.7. The van der Waals surface area contributed by atoms with Crippen molar-refractivity contribution in [3.63, 3.8) is 0 Å². The Morgan fingerprint density at radius 3 is 2.64 bits per heavy atom. The normalized spacial score (nSPS) is 10.6. The van der Waals surface area contributed by atoms with Crippen molar-refractivity contribution in [1.82, 2.24) is 0 Å². The van der Waals surface area contributed by atoms with Gasteiger partial charge in [-0.1, -0.05) is 24.3 Å². The van der Waals surface area contributed by atoms with Gasteiger partial charge >= 0.3 is 0 Å². The molecule has 0 saturated heterocycles. The van der Waals surface area contributed by atoms with Crippen molar-refractivity contribution in [2.24, 2.45) is 16.5 Å². The molecule has 1 amide bonds. The third-order valence-corrected chi connectivity index (χ3v) is 4.52. The number of benzene rings is 2. The molecule has 0 aliphatic heterocycles. The molecule has 2 aromatic carbocycles. The van der Waals surface area contributed by atoms with Gasteiger partial charge in [-0.2, -0.15) is 4.99 Å². The van der Waals surface area contributed by atoms with Gasteiger partial charge in [-0.15, -0.1) is 11.3 Å². The Bertz CT molecular complexity index is 892. The van der Waals surface area contributed by atoms with E-state index >= 15 is 0 Å². The standard InChI is InChI=1S/C17H15N3OS/c1-10-7-8-22-15(10)13-4-2-3-11-5-6-12(9-14(11)13)16(21)20-17(18)19/h2-9H,1H3,(H4,18,19,20,21). The number of aliphatic imine (C=N–C) groups is 1. The number of rotatable bonds is 2. The molecule has 1 aromatic heterocycles. The summed E-state index contributed by atoms with van der Waals surface area (Å²) in [4.78, 5) is 16.8. The number of hydrogen-bond donors (Lipinski definition) is 2. The van der Waals surface area contributed by atoms with Crippen LogP contribution in [-0.2, 0) is 0 Å². The van der Waals surface area contributed by atoms with E-state index in [0.29, 0.717) is 5.56 Å². The SMILES string of the molecule is Cc1ccsc1-c1cccc2ccc(C(=O)N=C(N)N)cc12. The van der Waals surface area contributed by atoms with Gasteiger partial charge in [0.1, 0.15) is 0 Å². The maximum atomic E-state index is 12.0. The summed E-state index contributed by atoms with van der Waals surface area (Å²) in [5.74, 6) is -0.660. The molecule has 0 fully saturated rings. The van der Waals surface area contributed by atoms with Crippen LogP contribution in [0.4, 0.5) is 0 Å². The van der Waals surface area contributed by atoms with Crippen molar-refractivity contribution in [1.29, 1.82) is 0 Å². The first-order valence-electron chi connectivity index (χ1n) is 6.77. The number of amides is 1. The van der Waals surface area contributed by atoms with Crippen LogP contribution in [0.15, 0.2) is 52.8 Å². The van der Waals surface area contributed by atoms with Gasteiger partial charge in [-0.05, 0) is 52.4 Å². The first kappa shape index (κ1) is 14.3. The first-order valence-corrected chi connectivity index (χ1v) is 7.65. The van der Waals surface area contributed by atoms with Crippen molar-refractivity contribution in [3.05, 3.63) is 59.0 Å². The van der Waals surface area contributed by atoms with Gasteiger partial charge in [0.15, 0.2) is 5.96 Å². The van der Waals surface area contributed by atoms with Gasteiger partial charge in [-0.25, -0.2) is 0 Å². The molecule has 0 unspecified atom stereocenters. The second-order valence-electron chi connectivity index (χ2n) is 5.02. The van der Waals surface area contributed by atoms with Crippen LogP contribution in [0.5, 0.6) is 0 Å². The van der Waals surface area contributed by atoms with E-state index in [1.54, 1.807) is 17.4 Å². The molecular weight excluding hydrogens is 294 g/mol. The number of nitrogens with two attached hydrogens (primary N) is 2. The molecule has 5 heteroatoms. The third kappa shape index (κ3) is 2.58. The number of hydrogen-bond acceptors (Lipinski definition) is 2. The molecule has 4 N–H and O–H groups in total. The van der Waals surface area contributed by atoms with Crippen LogP contribution in [0.3, 0.4) is 0 Å². The Balaban J connectivity index is 2.21. The second kappa shape index (κ2) is 5.61. The van der Waals surface area contributed by atoms with Crippen LogP contribution in [-0.4, -0.2) is 11.9 Å². The maximum absolute atomic E-state index is 12.0. The molecule has 22 heavy (non-hydrogen) atoms. The highest BCUT2D eigenvalue weighted by Crippen LogP contribution is 2.35. The molecule has 0 aliphatic carbocycles. The Morgan fingerprint density at radius 1 is 1.14 bits per heavy atom. The molecule has 3 aromatic rings. The van der Waals surface area contributed by atoms with E-state index in [1.807, 2.05) is 24.3 Å². The van der Waals surface area contributed by atoms with E-state index in [4.69, 9.17) is 11.5 Å². The molecule has 0 bridgehead atoms. The Morgan fingerprint density at radius 2 is 1.95 bits per heavy atom. The predicted molar refractivity (Wildman–Crippen MR) is 92.1 cm³/mol. The van der Waals surface area contributed by atoms with Crippen molar-refractivity contribution in [2.75, 3.05) is 0 Å². The molecule has 0 atom stereocenters. The lowest BCUT2D eigenvalue weighted by Crippen LogP contribution is -2.24. The van der Waals surface area contributed by atoms with E-state index in [9.17, 15) is 4.79 Å². The minimum Gasteiger partial charge on any atom is -0.370 e. The van der Waals surface area contributed by atoms with E-state index in [1.165, 1.54) is 10.4 Å². The van der Waals surface area contributed by atoms with Gasteiger partial charge in [0.25, 0.3) is 5.91 Å². The summed E-state index contributed by atoms with van der Waals surface area (Å²) in [6.45, 7) is 2.08. The number of fused-ring (bicyclic) bond motifs is 1. The maximum Gasteiger partial charge on any atom is 0.280 e. The Hall–Kier alpha value is -2.66. The molecule has 0 aliphatic rings. The summed E-state index contributed by atoms with van der Waals surface area (Å²) in [5.41, 5.74) is 13.4. The molecule has 0 radical (unpaired) electrons. The van der Waals surface area contributed by atoms with Crippen LogP contribution in [0.1, 0.15) is 15.9 Å².